The van der Waals surface area contributed by atoms with Crippen molar-refractivity contribution in [2.45, 2.75) is 57.3 Å². The predicted molar refractivity (Wildman–Crippen MR) is 91.3 cm³/mol. The predicted octanol–water partition coefficient (Wildman–Crippen LogP) is 2.87. The first-order chi connectivity index (χ1) is 11.7. The number of piperidine rings is 1. The van der Waals surface area contributed by atoms with Crippen molar-refractivity contribution in [2.75, 3.05) is 26.3 Å². The van der Waals surface area contributed by atoms with E-state index in [0.717, 1.165) is 18.5 Å². The highest BCUT2D eigenvalue weighted by atomic mass is 16.6. The highest BCUT2D eigenvalue weighted by Gasteiger charge is 2.59. The molecule has 2 saturated heterocycles. The maximum atomic E-state index is 12.4. The van der Waals surface area contributed by atoms with Crippen LogP contribution in [0, 0.1) is 6.92 Å². The monoisotopic (exact) mass is 346 g/mol. The molecule has 3 aliphatic rings. The van der Waals surface area contributed by atoms with Gasteiger partial charge < -0.3 is 19.1 Å². The minimum atomic E-state index is -0.476. The zero-order valence-corrected chi connectivity index (χ0v) is 15.4. The van der Waals surface area contributed by atoms with Crippen LogP contribution < -0.4 is 0 Å². The first kappa shape index (κ1) is 16.8. The van der Waals surface area contributed by atoms with Gasteiger partial charge in [-0.3, -0.25) is 4.98 Å². The molecule has 3 aliphatic heterocycles. The Labute approximate surface area is 148 Å². The van der Waals surface area contributed by atoms with Gasteiger partial charge >= 0.3 is 6.09 Å². The standard InChI is InChI=1S/C19H26N2O4/c1-13-5-8-20-15-14(13)18(25-19(15)11-23-12-19)6-9-21(10-7-18)16(22)24-17(2,3)4/h5,8H,6-7,9-12H2,1-4H3. The van der Waals surface area contributed by atoms with Gasteiger partial charge in [0.05, 0.1) is 18.9 Å². The molecule has 6 nitrogen and oxygen atoms in total. The van der Waals surface area contributed by atoms with Gasteiger partial charge in [-0.05, 0) is 52.2 Å². The Kier molecular flexibility index (Phi) is 3.64. The van der Waals surface area contributed by atoms with Crippen LogP contribution in [-0.4, -0.2) is 47.9 Å². The maximum absolute atomic E-state index is 12.4. The third-order valence-corrected chi connectivity index (χ3v) is 5.33. The molecular formula is C19H26N2O4. The number of aryl methyl sites for hydroxylation is 1. The smallest absolute Gasteiger partial charge is 0.410 e. The van der Waals surface area contributed by atoms with Gasteiger partial charge in [-0.1, -0.05) is 0 Å². The molecule has 0 unspecified atom stereocenters. The molecule has 0 N–H and O–H groups in total. The molecule has 4 rings (SSSR count). The lowest BCUT2D eigenvalue weighted by Gasteiger charge is -2.44. The molecular weight excluding hydrogens is 320 g/mol. The fourth-order valence-corrected chi connectivity index (χ4v) is 4.16. The number of hydrogen-bond acceptors (Lipinski definition) is 5. The molecule has 0 saturated carbocycles. The molecule has 4 heterocycles. The van der Waals surface area contributed by atoms with E-state index >= 15 is 0 Å². The second-order valence-corrected chi connectivity index (χ2v) is 8.40. The van der Waals surface area contributed by atoms with Gasteiger partial charge in [-0.25, -0.2) is 4.79 Å². The van der Waals surface area contributed by atoms with E-state index in [1.165, 1.54) is 11.1 Å². The number of pyridine rings is 1. The second kappa shape index (κ2) is 5.42. The SMILES string of the molecule is Cc1ccnc2c1C1(CCN(C(=O)OC(C)(C)C)CC1)OC21COC1. The van der Waals surface area contributed by atoms with Gasteiger partial charge in [-0.15, -0.1) is 0 Å². The number of carbonyl (C=O) groups is 1. The summed E-state index contributed by atoms with van der Waals surface area (Å²) in [5.41, 5.74) is 2.22. The molecule has 0 radical (unpaired) electrons. The number of aromatic nitrogens is 1. The Morgan fingerprint density at radius 3 is 2.48 bits per heavy atom. The lowest BCUT2D eigenvalue weighted by molar-refractivity contribution is -0.263. The number of ether oxygens (including phenoxy) is 3. The van der Waals surface area contributed by atoms with Crippen molar-refractivity contribution >= 4 is 6.09 Å². The molecule has 2 fully saturated rings. The fourth-order valence-electron chi connectivity index (χ4n) is 4.16. The lowest BCUT2D eigenvalue weighted by atomic mass is 9.81. The van der Waals surface area contributed by atoms with Gasteiger partial charge in [0, 0.05) is 24.8 Å². The van der Waals surface area contributed by atoms with Crippen molar-refractivity contribution in [1.82, 2.24) is 9.88 Å². The molecule has 2 spiro atoms. The molecule has 0 aromatic carbocycles. The van der Waals surface area contributed by atoms with Crippen molar-refractivity contribution < 1.29 is 19.0 Å². The van der Waals surface area contributed by atoms with Crippen LogP contribution in [0.4, 0.5) is 4.79 Å². The van der Waals surface area contributed by atoms with Crippen LogP contribution in [0.25, 0.3) is 0 Å². The average molecular weight is 346 g/mol. The number of rotatable bonds is 0. The largest absolute Gasteiger partial charge is 0.444 e. The molecule has 1 aromatic heterocycles. The summed E-state index contributed by atoms with van der Waals surface area (Å²) in [5.74, 6) is 0. The van der Waals surface area contributed by atoms with Crippen molar-refractivity contribution in [3.8, 4) is 0 Å². The van der Waals surface area contributed by atoms with Gasteiger partial charge in [0.1, 0.15) is 11.2 Å². The molecule has 1 aromatic rings. The number of fused-ring (bicyclic) bond motifs is 3. The summed E-state index contributed by atoms with van der Waals surface area (Å²) >= 11 is 0. The summed E-state index contributed by atoms with van der Waals surface area (Å²) in [5, 5.41) is 0. The first-order valence-corrected chi connectivity index (χ1v) is 8.97. The number of hydrogen-bond donors (Lipinski definition) is 0. The molecule has 1 amide bonds. The van der Waals surface area contributed by atoms with E-state index in [-0.39, 0.29) is 11.7 Å². The number of nitrogens with zero attached hydrogens (tertiary/aromatic N) is 2. The highest BCUT2D eigenvalue weighted by molar-refractivity contribution is 5.68. The molecule has 0 atom stereocenters. The van der Waals surface area contributed by atoms with Gasteiger partial charge in [0.15, 0.2) is 5.60 Å². The van der Waals surface area contributed by atoms with E-state index in [1.807, 2.05) is 33.0 Å². The summed E-state index contributed by atoms with van der Waals surface area (Å²) in [6, 6.07) is 2.04. The van der Waals surface area contributed by atoms with Crippen LogP contribution in [0.15, 0.2) is 12.3 Å². The number of likely N-dealkylation sites (tertiary alicyclic amines) is 1. The summed E-state index contributed by atoms with van der Waals surface area (Å²) in [6.45, 7) is 10.2. The van der Waals surface area contributed by atoms with Crippen LogP contribution in [-0.2, 0) is 25.4 Å². The van der Waals surface area contributed by atoms with Crippen LogP contribution in [0.2, 0.25) is 0 Å². The Hall–Kier alpha value is -1.66. The summed E-state index contributed by atoms with van der Waals surface area (Å²) in [4.78, 5) is 18.8. The number of amides is 1. The lowest BCUT2D eigenvalue weighted by Crippen LogP contribution is -2.51. The highest BCUT2D eigenvalue weighted by Crippen LogP contribution is 2.54. The van der Waals surface area contributed by atoms with E-state index in [0.29, 0.717) is 26.3 Å². The molecule has 136 valence electrons. The zero-order chi connectivity index (χ0) is 17.9. The van der Waals surface area contributed by atoms with E-state index in [9.17, 15) is 4.79 Å². The topological polar surface area (TPSA) is 60.9 Å². The second-order valence-electron chi connectivity index (χ2n) is 8.40. The number of carbonyl (C=O) groups excluding carboxylic acids is 1. The minimum absolute atomic E-state index is 0.245. The molecule has 6 heteroatoms. The third kappa shape index (κ3) is 2.62. The maximum Gasteiger partial charge on any atom is 0.410 e. The average Bonchev–Trinajstić information content (AvgIpc) is 2.78. The van der Waals surface area contributed by atoms with E-state index < -0.39 is 11.2 Å². The van der Waals surface area contributed by atoms with Crippen molar-refractivity contribution in [3.05, 3.63) is 29.1 Å². The van der Waals surface area contributed by atoms with E-state index in [4.69, 9.17) is 14.2 Å². The van der Waals surface area contributed by atoms with E-state index in [2.05, 4.69) is 11.9 Å². The Bertz CT molecular complexity index is 698. The first-order valence-electron chi connectivity index (χ1n) is 8.97. The quantitative estimate of drug-likeness (QED) is 0.723. The minimum Gasteiger partial charge on any atom is -0.444 e. The van der Waals surface area contributed by atoms with Crippen molar-refractivity contribution in [2.24, 2.45) is 0 Å². The molecule has 0 bridgehead atoms. The molecule has 25 heavy (non-hydrogen) atoms. The van der Waals surface area contributed by atoms with Crippen molar-refractivity contribution in [1.29, 1.82) is 0 Å². The van der Waals surface area contributed by atoms with Crippen LogP contribution in [0.5, 0.6) is 0 Å². The van der Waals surface area contributed by atoms with Crippen molar-refractivity contribution in [3.63, 3.8) is 0 Å². The van der Waals surface area contributed by atoms with Gasteiger partial charge in [0.25, 0.3) is 0 Å². The summed E-state index contributed by atoms with van der Waals surface area (Å²) < 4.78 is 17.6. The van der Waals surface area contributed by atoms with Gasteiger partial charge in [0.2, 0.25) is 0 Å². The fraction of sp³-hybridized carbons (Fsp3) is 0.684. The molecule has 0 aliphatic carbocycles. The zero-order valence-electron chi connectivity index (χ0n) is 15.4. The van der Waals surface area contributed by atoms with Crippen LogP contribution in [0.1, 0.15) is 50.4 Å². The third-order valence-electron chi connectivity index (χ3n) is 5.33. The normalized spacial score (nSPS) is 23.4. The van der Waals surface area contributed by atoms with Crippen LogP contribution in [0.3, 0.4) is 0 Å². The van der Waals surface area contributed by atoms with Crippen LogP contribution >= 0.6 is 0 Å². The Morgan fingerprint density at radius 1 is 1.24 bits per heavy atom. The van der Waals surface area contributed by atoms with Gasteiger partial charge in [-0.2, -0.15) is 0 Å². The summed E-state index contributed by atoms with van der Waals surface area (Å²) in [6.07, 6.45) is 3.12. The summed E-state index contributed by atoms with van der Waals surface area (Å²) in [7, 11) is 0. The van der Waals surface area contributed by atoms with E-state index in [1.54, 1.807) is 4.90 Å². The Morgan fingerprint density at radius 2 is 1.92 bits per heavy atom. The Balaban J connectivity index is 1.57.